The monoisotopic (exact) mass is 234 g/mol. The fraction of sp³-hybridized carbons (Fsp3) is 0.800. The van der Waals surface area contributed by atoms with E-state index in [4.69, 9.17) is 4.52 Å². The lowest BCUT2D eigenvalue weighted by Gasteiger charge is -2.35. The summed E-state index contributed by atoms with van der Waals surface area (Å²) in [6.07, 6.45) is 1.28. The normalized spacial score (nSPS) is 12.1. The Kier molecular flexibility index (Phi) is 6.90. The van der Waals surface area contributed by atoms with Crippen molar-refractivity contribution in [3.63, 3.8) is 0 Å². The molecule has 0 aliphatic rings. The first-order valence-corrected chi connectivity index (χ1v) is 7.03. The van der Waals surface area contributed by atoms with E-state index >= 15 is 0 Å². The molecule has 0 aromatic rings. The smallest absolute Gasteiger partial charge is 0.395 e. The van der Waals surface area contributed by atoms with E-state index in [-0.39, 0.29) is 0 Å². The summed E-state index contributed by atoms with van der Waals surface area (Å²) in [5, 5.41) is 0. The van der Waals surface area contributed by atoms with Crippen molar-refractivity contribution >= 4 is 7.67 Å². The number of hydrogen-bond donors (Lipinski definition) is 0. The minimum Gasteiger partial charge on any atom is -0.430 e. The summed E-state index contributed by atoms with van der Waals surface area (Å²) < 4.78 is 21.7. The molecule has 0 heterocycles. The molecule has 0 aliphatic heterocycles. The number of rotatable bonds is 8. The first kappa shape index (κ1) is 14.7. The third-order valence-electron chi connectivity index (χ3n) is 2.39. The van der Waals surface area contributed by atoms with Crippen LogP contribution in [0.25, 0.3) is 0 Å². The molecule has 0 radical (unpaired) electrons. The molecule has 0 aromatic heterocycles. The molecule has 0 saturated carbocycles. The Hall–Kier alpha value is -0.310. The second kappa shape index (κ2) is 7.04. The molecule has 15 heavy (non-hydrogen) atoms. The van der Waals surface area contributed by atoms with E-state index in [0.29, 0.717) is 26.2 Å². The van der Waals surface area contributed by atoms with Gasteiger partial charge in [-0.15, -0.1) is 0 Å². The van der Waals surface area contributed by atoms with Crippen LogP contribution in [0.1, 0.15) is 27.7 Å². The summed E-state index contributed by atoms with van der Waals surface area (Å²) >= 11 is 0. The van der Waals surface area contributed by atoms with Crippen molar-refractivity contribution in [2.75, 3.05) is 26.2 Å². The maximum atomic E-state index is 12.7. The average molecular weight is 234 g/mol. The highest BCUT2D eigenvalue weighted by molar-refractivity contribution is 7.54. The van der Waals surface area contributed by atoms with E-state index in [1.54, 1.807) is 0 Å². The molecule has 0 amide bonds. The Labute approximate surface area is 93.5 Å². The van der Waals surface area contributed by atoms with Gasteiger partial charge in [-0.25, -0.2) is 13.9 Å². The Morgan fingerprint density at radius 2 is 1.40 bits per heavy atom. The average Bonchev–Trinajstić information content (AvgIpc) is 2.21. The standard InChI is InChI=1S/C10H23N2O2P/c1-6-11(7-2)15(13,14-10-5)12(8-3)9-4/h10H,5-9H2,1-4H3. The second-order valence-electron chi connectivity index (χ2n) is 3.04. The van der Waals surface area contributed by atoms with Gasteiger partial charge in [-0.05, 0) is 0 Å². The van der Waals surface area contributed by atoms with Crippen LogP contribution in [0.4, 0.5) is 0 Å². The third-order valence-corrected chi connectivity index (χ3v) is 5.37. The molecule has 0 saturated heterocycles. The summed E-state index contributed by atoms with van der Waals surface area (Å²) in [6.45, 7) is 14.2. The van der Waals surface area contributed by atoms with Crippen LogP contribution in [0.2, 0.25) is 0 Å². The lowest BCUT2D eigenvalue weighted by Crippen LogP contribution is -2.32. The molecule has 0 rings (SSSR count). The van der Waals surface area contributed by atoms with Gasteiger partial charge in [0, 0.05) is 26.2 Å². The summed E-state index contributed by atoms with van der Waals surface area (Å²) in [7, 11) is -2.89. The molecule has 0 aromatic carbocycles. The van der Waals surface area contributed by atoms with Crippen molar-refractivity contribution in [1.29, 1.82) is 0 Å². The van der Waals surface area contributed by atoms with Gasteiger partial charge in [-0.2, -0.15) is 0 Å². The molecular formula is C10H23N2O2P. The van der Waals surface area contributed by atoms with Gasteiger partial charge in [-0.1, -0.05) is 34.3 Å². The molecule has 0 bridgehead atoms. The zero-order valence-corrected chi connectivity index (χ0v) is 11.2. The van der Waals surface area contributed by atoms with Crippen LogP contribution < -0.4 is 0 Å². The van der Waals surface area contributed by atoms with Crippen molar-refractivity contribution in [2.24, 2.45) is 0 Å². The lowest BCUT2D eigenvalue weighted by molar-refractivity contribution is 0.272. The van der Waals surface area contributed by atoms with Crippen LogP contribution in [-0.4, -0.2) is 35.5 Å². The van der Waals surface area contributed by atoms with E-state index in [0.717, 1.165) is 0 Å². The van der Waals surface area contributed by atoms with Gasteiger partial charge in [-0.3, -0.25) is 0 Å². The van der Waals surface area contributed by atoms with Gasteiger partial charge >= 0.3 is 7.67 Å². The van der Waals surface area contributed by atoms with E-state index in [1.165, 1.54) is 6.26 Å². The van der Waals surface area contributed by atoms with Gasteiger partial charge in [0.1, 0.15) is 0 Å². The molecule has 0 fully saturated rings. The lowest BCUT2D eigenvalue weighted by atomic mass is 10.7. The molecule has 0 spiro atoms. The van der Waals surface area contributed by atoms with Crippen molar-refractivity contribution < 1.29 is 9.09 Å². The van der Waals surface area contributed by atoms with Crippen LogP contribution in [0.15, 0.2) is 12.8 Å². The Morgan fingerprint density at radius 1 is 1.07 bits per heavy atom. The predicted molar refractivity (Wildman–Crippen MR) is 64.7 cm³/mol. The van der Waals surface area contributed by atoms with Crippen LogP contribution in [-0.2, 0) is 9.09 Å². The van der Waals surface area contributed by atoms with Crippen molar-refractivity contribution in [1.82, 2.24) is 9.34 Å². The number of hydrogen-bond acceptors (Lipinski definition) is 2. The fourth-order valence-corrected chi connectivity index (χ4v) is 3.82. The fourth-order valence-electron chi connectivity index (χ4n) is 1.57. The minimum atomic E-state index is -2.89. The largest absolute Gasteiger partial charge is 0.430 e. The zero-order valence-electron chi connectivity index (χ0n) is 10.3. The van der Waals surface area contributed by atoms with E-state index < -0.39 is 7.67 Å². The molecule has 5 heteroatoms. The minimum absolute atomic E-state index is 0.706. The van der Waals surface area contributed by atoms with Gasteiger partial charge < -0.3 is 4.52 Å². The van der Waals surface area contributed by atoms with Crippen LogP contribution in [0.5, 0.6) is 0 Å². The Balaban J connectivity index is 5.00. The van der Waals surface area contributed by atoms with Crippen LogP contribution in [0.3, 0.4) is 0 Å². The molecule has 0 aliphatic carbocycles. The SMILES string of the molecule is C=COP(=O)(N(CC)CC)N(CC)CC. The maximum absolute atomic E-state index is 12.7. The maximum Gasteiger partial charge on any atom is 0.395 e. The molecule has 0 atom stereocenters. The molecule has 0 unspecified atom stereocenters. The topological polar surface area (TPSA) is 32.8 Å². The van der Waals surface area contributed by atoms with E-state index in [9.17, 15) is 4.57 Å². The number of nitrogens with zero attached hydrogens (tertiary/aromatic N) is 2. The summed E-state index contributed by atoms with van der Waals surface area (Å²) in [5.74, 6) is 0. The first-order valence-electron chi connectivity index (χ1n) is 5.50. The highest BCUT2D eigenvalue weighted by Crippen LogP contribution is 2.53. The molecule has 0 N–H and O–H groups in total. The highest BCUT2D eigenvalue weighted by Gasteiger charge is 2.35. The van der Waals surface area contributed by atoms with E-state index in [2.05, 4.69) is 6.58 Å². The predicted octanol–water partition coefficient (Wildman–Crippen LogP) is 2.94. The van der Waals surface area contributed by atoms with Crippen LogP contribution in [0, 0.1) is 0 Å². The first-order chi connectivity index (χ1) is 7.10. The summed E-state index contributed by atoms with van der Waals surface area (Å²) in [6, 6.07) is 0. The third kappa shape index (κ3) is 3.33. The Bertz CT molecular complexity index is 209. The second-order valence-corrected chi connectivity index (χ2v) is 5.36. The zero-order chi connectivity index (χ0) is 11.9. The highest BCUT2D eigenvalue weighted by atomic mass is 31.2. The van der Waals surface area contributed by atoms with Gasteiger partial charge in [0.2, 0.25) is 0 Å². The van der Waals surface area contributed by atoms with Gasteiger partial charge in [0.25, 0.3) is 0 Å². The van der Waals surface area contributed by atoms with Crippen molar-refractivity contribution in [3.05, 3.63) is 12.8 Å². The molecular weight excluding hydrogens is 211 g/mol. The van der Waals surface area contributed by atoms with Crippen molar-refractivity contribution in [3.8, 4) is 0 Å². The molecule has 90 valence electrons. The van der Waals surface area contributed by atoms with Gasteiger partial charge in [0.15, 0.2) is 0 Å². The summed E-state index contributed by atoms with van der Waals surface area (Å²) in [4.78, 5) is 0. The van der Waals surface area contributed by atoms with Gasteiger partial charge in [0.05, 0.1) is 6.26 Å². The van der Waals surface area contributed by atoms with Crippen LogP contribution >= 0.6 is 7.67 Å². The Morgan fingerprint density at radius 3 is 1.60 bits per heavy atom. The quantitative estimate of drug-likeness (QED) is 0.477. The summed E-state index contributed by atoms with van der Waals surface area (Å²) in [5.41, 5.74) is 0. The molecule has 4 nitrogen and oxygen atoms in total. The van der Waals surface area contributed by atoms with E-state index in [1.807, 2.05) is 37.0 Å². The van der Waals surface area contributed by atoms with Crippen molar-refractivity contribution in [2.45, 2.75) is 27.7 Å².